The third kappa shape index (κ3) is 2.89. The van der Waals surface area contributed by atoms with Crippen molar-refractivity contribution in [1.29, 1.82) is 0 Å². The quantitative estimate of drug-likeness (QED) is 0.516. The van der Waals surface area contributed by atoms with Gasteiger partial charge in [-0.3, -0.25) is 0 Å². The van der Waals surface area contributed by atoms with Crippen LogP contribution in [0.25, 0.3) is 0 Å². The summed E-state index contributed by atoms with van der Waals surface area (Å²) in [4.78, 5) is 0. The van der Waals surface area contributed by atoms with Gasteiger partial charge < -0.3 is 26.2 Å². The number of nitrogens with two attached hydrogens (primary N) is 1. The Bertz CT molecular complexity index is 320. The molecular weight excluding hydrogens is 222 g/mol. The van der Waals surface area contributed by atoms with Crippen LogP contribution < -0.4 is 5.73 Å². The Morgan fingerprint density at radius 1 is 1.13 bits per heavy atom. The van der Waals surface area contributed by atoms with E-state index in [0.717, 1.165) is 12.1 Å². The molecule has 0 aliphatic heterocycles. The maximum absolute atomic E-state index is 9.38. The van der Waals surface area contributed by atoms with E-state index in [4.69, 9.17) is 10.8 Å². The minimum atomic E-state index is -0.906. The number of hydrogen-bond donors (Lipinski definition) is 5. The number of phenols is 3. The summed E-state index contributed by atoms with van der Waals surface area (Å²) in [5.41, 5.74) is 5.56. The summed E-state index contributed by atoms with van der Waals surface area (Å²) < 4.78 is 0. The number of aromatic hydroxyl groups is 3. The van der Waals surface area contributed by atoms with Gasteiger partial charge >= 0.3 is 0 Å². The van der Waals surface area contributed by atoms with Crippen molar-refractivity contribution in [1.82, 2.24) is 0 Å². The van der Waals surface area contributed by atoms with Gasteiger partial charge in [-0.05, 0) is 6.92 Å². The molecule has 0 unspecified atom stereocenters. The van der Waals surface area contributed by atoms with Crippen LogP contribution in [0.4, 0.5) is 0 Å². The lowest BCUT2D eigenvalue weighted by Crippen LogP contribution is -2.23. The number of rotatable bonds is 2. The predicted octanol–water partition coefficient (Wildman–Crippen LogP) is 0.606. The second-order valence-corrected chi connectivity index (χ2v) is 3.16. The maximum atomic E-state index is 9.38. The van der Waals surface area contributed by atoms with Crippen LogP contribution in [0, 0.1) is 0 Å². The van der Waals surface area contributed by atoms with Crippen LogP contribution in [0.15, 0.2) is 12.1 Å². The molecule has 15 heavy (non-hydrogen) atoms. The summed E-state index contributed by atoms with van der Waals surface area (Å²) >= 11 is 0. The monoisotopic (exact) mass is 235 g/mol. The highest BCUT2D eigenvalue weighted by Gasteiger charge is 2.20. The molecule has 6 N–H and O–H groups in total. The molecule has 86 valence electrons. The van der Waals surface area contributed by atoms with E-state index in [1.54, 1.807) is 0 Å². The van der Waals surface area contributed by atoms with E-state index in [0.29, 0.717) is 0 Å². The minimum absolute atomic E-state index is 0. The number of phenolic OH excluding ortho intramolecular Hbond substituents is 3. The second-order valence-electron chi connectivity index (χ2n) is 3.16. The summed E-state index contributed by atoms with van der Waals surface area (Å²) in [5.74, 6) is -0.937. The Kier molecular flexibility index (Phi) is 4.67. The summed E-state index contributed by atoms with van der Waals surface area (Å²) in [6.07, 6.45) is -0.906. The molecule has 5 nitrogen and oxygen atoms in total. The molecule has 0 aliphatic carbocycles. The topological polar surface area (TPSA) is 107 Å². The van der Waals surface area contributed by atoms with Crippen molar-refractivity contribution in [2.45, 2.75) is 19.1 Å². The largest absolute Gasteiger partial charge is 0.508 e. The lowest BCUT2D eigenvalue weighted by molar-refractivity contribution is 0.161. The molecule has 1 rings (SSSR count). The van der Waals surface area contributed by atoms with Gasteiger partial charge in [0.05, 0.1) is 17.7 Å². The first kappa shape index (κ1) is 13.8. The number of benzene rings is 1. The van der Waals surface area contributed by atoms with Crippen LogP contribution in [0.2, 0.25) is 0 Å². The van der Waals surface area contributed by atoms with Crippen molar-refractivity contribution in [2.24, 2.45) is 5.73 Å². The number of aliphatic hydroxyl groups is 1. The predicted molar refractivity (Wildman–Crippen MR) is 57.3 cm³/mol. The first-order chi connectivity index (χ1) is 6.43. The summed E-state index contributed by atoms with van der Waals surface area (Å²) in [5, 5.41) is 37.0. The van der Waals surface area contributed by atoms with Crippen LogP contribution in [0.1, 0.15) is 18.5 Å². The SMILES string of the molecule is C[C@@H](O)[C@@H](N)c1c(O)cc(O)cc1O.Cl. The lowest BCUT2D eigenvalue weighted by Gasteiger charge is -2.17. The van der Waals surface area contributed by atoms with E-state index in [1.165, 1.54) is 6.92 Å². The molecule has 0 radical (unpaired) electrons. The van der Waals surface area contributed by atoms with Crippen LogP contribution >= 0.6 is 12.4 Å². The number of aliphatic hydroxyl groups excluding tert-OH is 1. The summed E-state index contributed by atoms with van der Waals surface area (Å²) in [6.45, 7) is 1.44. The van der Waals surface area contributed by atoms with Gasteiger partial charge in [0.1, 0.15) is 17.2 Å². The van der Waals surface area contributed by atoms with E-state index < -0.39 is 12.1 Å². The Labute approximate surface area is 93.2 Å². The fraction of sp³-hybridized carbons (Fsp3) is 0.333. The average molecular weight is 236 g/mol. The van der Waals surface area contributed by atoms with Crippen LogP contribution in [0.3, 0.4) is 0 Å². The molecule has 0 fully saturated rings. The third-order valence-corrected chi connectivity index (χ3v) is 1.97. The van der Waals surface area contributed by atoms with Gasteiger partial charge in [-0.1, -0.05) is 0 Å². The van der Waals surface area contributed by atoms with Crippen molar-refractivity contribution in [2.75, 3.05) is 0 Å². The van der Waals surface area contributed by atoms with Crippen molar-refractivity contribution in [3.63, 3.8) is 0 Å². The lowest BCUT2D eigenvalue weighted by atomic mass is 10.0. The molecule has 6 heteroatoms. The van der Waals surface area contributed by atoms with Gasteiger partial charge in [-0.15, -0.1) is 12.4 Å². The van der Waals surface area contributed by atoms with Gasteiger partial charge in [-0.2, -0.15) is 0 Å². The van der Waals surface area contributed by atoms with Gasteiger partial charge in [0.15, 0.2) is 0 Å². The Hall–Kier alpha value is -1.17. The van der Waals surface area contributed by atoms with E-state index in [-0.39, 0.29) is 35.2 Å². The molecule has 0 heterocycles. The van der Waals surface area contributed by atoms with Crippen LogP contribution in [-0.2, 0) is 0 Å². The van der Waals surface area contributed by atoms with E-state index in [9.17, 15) is 15.3 Å². The van der Waals surface area contributed by atoms with Crippen molar-refractivity contribution in [3.8, 4) is 17.2 Å². The van der Waals surface area contributed by atoms with Crippen LogP contribution in [0.5, 0.6) is 17.2 Å². The molecule has 1 aromatic carbocycles. The maximum Gasteiger partial charge on any atom is 0.127 e. The summed E-state index contributed by atoms with van der Waals surface area (Å²) in [6, 6.07) is 1.21. The minimum Gasteiger partial charge on any atom is -0.508 e. The highest BCUT2D eigenvalue weighted by molar-refractivity contribution is 5.85. The fourth-order valence-electron chi connectivity index (χ4n) is 1.19. The summed E-state index contributed by atoms with van der Waals surface area (Å²) in [7, 11) is 0. The second kappa shape index (κ2) is 5.06. The standard InChI is InChI=1S/C9H13NO4.ClH/c1-4(11)9(10)8-6(13)2-5(12)3-7(8)14;/h2-4,9,11-14H,10H2,1H3;1H/t4-,9-;/m1./s1. The fourth-order valence-corrected chi connectivity index (χ4v) is 1.19. The molecule has 0 saturated heterocycles. The number of hydrogen-bond acceptors (Lipinski definition) is 5. The zero-order chi connectivity index (χ0) is 10.9. The molecule has 0 saturated carbocycles. The van der Waals surface area contributed by atoms with E-state index in [2.05, 4.69) is 0 Å². The number of halogens is 1. The molecule has 0 bridgehead atoms. The zero-order valence-electron chi connectivity index (χ0n) is 8.08. The molecule has 0 aromatic heterocycles. The molecular formula is C9H14ClNO4. The molecule has 0 aliphatic rings. The van der Waals surface area contributed by atoms with Gasteiger partial charge in [0.2, 0.25) is 0 Å². The molecule has 0 spiro atoms. The molecule has 2 atom stereocenters. The van der Waals surface area contributed by atoms with Crippen molar-refractivity contribution in [3.05, 3.63) is 17.7 Å². The highest BCUT2D eigenvalue weighted by Crippen LogP contribution is 2.36. The van der Waals surface area contributed by atoms with Gasteiger partial charge in [-0.25, -0.2) is 0 Å². The highest BCUT2D eigenvalue weighted by atomic mass is 35.5. The zero-order valence-corrected chi connectivity index (χ0v) is 8.90. The van der Waals surface area contributed by atoms with Crippen LogP contribution in [-0.4, -0.2) is 26.5 Å². The molecule has 0 amide bonds. The third-order valence-electron chi connectivity index (χ3n) is 1.97. The van der Waals surface area contributed by atoms with Gasteiger partial charge in [0, 0.05) is 12.1 Å². The molecule has 1 aromatic rings. The van der Waals surface area contributed by atoms with Crippen molar-refractivity contribution >= 4 is 12.4 Å². The first-order valence-electron chi connectivity index (χ1n) is 4.12. The smallest absolute Gasteiger partial charge is 0.127 e. The van der Waals surface area contributed by atoms with E-state index >= 15 is 0 Å². The first-order valence-corrected chi connectivity index (χ1v) is 4.12. The Morgan fingerprint density at radius 3 is 1.87 bits per heavy atom. The average Bonchev–Trinajstić information content (AvgIpc) is 2.01. The van der Waals surface area contributed by atoms with Crippen molar-refractivity contribution < 1.29 is 20.4 Å². The van der Waals surface area contributed by atoms with E-state index in [1.807, 2.05) is 0 Å². The Morgan fingerprint density at radius 2 is 1.53 bits per heavy atom. The van der Waals surface area contributed by atoms with Gasteiger partial charge in [0.25, 0.3) is 0 Å². The normalized spacial score (nSPS) is 14.1. The Balaban J connectivity index is 0.00000196.